The number of hydrogen-bond acceptors (Lipinski definition) is 2. The summed E-state index contributed by atoms with van der Waals surface area (Å²) in [4.78, 5) is 0. The topological polar surface area (TPSA) is 21.3 Å². The second-order valence-corrected chi connectivity index (χ2v) is 7.27. The lowest BCUT2D eigenvalue weighted by Gasteiger charge is -2.44. The van der Waals surface area contributed by atoms with Crippen LogP contribution in [-0.2, 0) is 4.74 Å². The normalized spacial score (nSPS) is 29.5. The van der Waals surface area contributed by atoms with Crippen molar-refractivity contribution in [2.75, 3.05) is 27.3 Å². The molecule has 1 aliphatic rings. The van der Waals surface area contributed by atoms with Crippen LogP contribution in [0.2, 0.25) is 0 Å². The molecule has 0 aromatic rings. The van der Waals surface area contributed by atoms with Gasteiger partial charge in [0.1, 0.15) is 0 Å². The molecule has 0 amide bonds. The highest BCUT2D eigenvalue weighted by molar-refractivity contribution is 4.90. The molecule has 0 radical (unpaired) electrons. The highest BCUT2D eigenvalue weighted by Gasteiger charge is 2.37. The predicted molar refractivity (Wildman–Crippen MR) is 78.9 cm³/mol. The van der Waals surface area contributed by atoms with E-state index in [1.807, 2.05) is 0 Å². The second-order valence-electron chi connectivity index (χ2n) is 7.27. The minimum atomic E-state index is 0.484. The Morgan fingerprint density at radius 1 is 1.22 bits per heavy atom. The fourth-order valence-corrected chi connectivity index (χ4v) is 3.58. The van der Waals surface area contributed by atoms with Gasteiger partial charge in [-0.25, -0.2) is 0 Å². The van der Waals surface area contributed by atoms with E-state index >= 15 is 0 Å². The van der Waals surface area contributed by atoms with E-state index in [2.05, 4.69) is 33.1 Å². The molecule has 0 aromatic carbocycles. The molecule has 1 N–H and O–H groups in total. The highest BCUT2D eigenvalue weighted by atomic mass is 16.5. The largest absolute Gasteiger partial charge is 0.385 e. The van der Waals surface area contributed by atoms with Crippen LogP contribution < -0.4 is 5.32 Å². The maximum atomic E-state index is 5.21. The molecule has 2 nitrogen and oxygen atoms in total. The van der Waals surface area contributed by atoms with Crippen LogP contribution in [0.3, 0.4) is 0 Å². The van der Waals surface area contributed by atoms with E-state index in [-0.39, 0.29) is 0 Å². The first-order valence-electron chi connectivity index (χ1n) is 7.57. The molecule has 18 heavy (non-hydrogen) atoms. The van der Waals surface area contributed by atoms with Gasteiger partial charge in [-0.1, -0.05) is 20.8 Å². The molecule has 0 aliphatic heterocycles. The minimum Gasteiger partial charge on any atom is -0.385 e. The van der Waals surface area contributed by atoms with Gasteiger partial charge in [0.15, 0.2) is 0 Å². The summed E-state index contributed by atoms with van der Waals surface area (Å²) in [6, 6.07) is 0. The SMILES string of the molecule is CNCC1(CCCOC)CCC(C(C)(C)C)CC1. The number of rotatable bonds is 6. The molecule has 0 aromatic heterocycles. The van der Waals surface area contributed by atoms with Gasteiger partial charge in [0.2, 0.25) is 0 Å². The summed E-state index contributed by atoms with van der Waals surface area (Å²) in [6.45, 7) is 9.27. The Labute approximate surface area is 114 Å². The highest BCUT2D eigenvalue weighted by Crippen LogP contribution is 2.47. The molecular formula is C16H33NO. The average molecular weight is 255 g/mol. The zero-order chi connectivity index (χ0) is 13.6. The molecule has 0 spiro atoms. The van der Waals surface area contributed by atoms with Gasteiger partial charge in [-0.2, -0.15) is 0 Å². The molecule has 0 unspecified atom stereocenters. The van der Waals surface area contributed by atoms with Crippen molar-refractivity contribution in [1.29, 1.82) is 0 Å². The molecule has 0 bridgehead atoms. The lowest BCUT2D eigenvalue weighted by atomic mass is 9.62. The summed E-state index contributed by atoms with van der Waals surface area (Å²) in [6.07, 6.45) is 8.10. The summed E-state index contributed by atoms with van der Waals surface area (Å²) in [7, 11) is 3.90. The fraction of sp³-hybridized carbons (Fsp3) is 1.00. The van der Waals surface area contributed by atoms with Gasteiger partial charge >= 0.3 is 0 Å². The molecule has 1 saturated carbocycles. The number of methoxy groups -OCH3 is 1. The fourth-order valence-electron chi connectivity index (χ4n) is 3.58. The molecule has 1 fully saturated rings. The van der Waals surface area contributed by atoms with Gasteiger partial charge < -0.3 is 10.1 Å². The van der Waals surface area contributed by atoms with E-state index in [0.29, 0.717) is 10.8 Å². The van der Waals surface area contributed by atoms with Crippen LogP contribution in [0.1, 0.15) is 59.3 Å². The van der Waals surface area contributed by atoms with Gasteiger partial charge in [0, 0.05) is 20.3 Å². The molecule has 2 heteroatoms. The molecule has 0 heterocycles. The van der Waals surface area contributed by atoms with Crippen LogP contribution in [0.4, 0.5) is 0 Å². The maximum Gasteiger partial charge on any atom is 0.0462 e. The molecule has 0 saturated heterocycles. The van der Waals surface area contributed by atoms with E-state index < -0.39 is 0 Å². The smallest absolute Gasteiger partial charge is 0.0462 e. The van der Waals surface area contributed by atoms with Crippen molar-refractivity contribution in [3.63, 3.8) is 0 Å². The zero-order valence-electron chi connectivity index (χ0n) is 13.1. The predicted octanol–water partition coefficient (Wildman–Crippen LogP) is 3.86. The first kappa shape index (κ1) is 16.0. The van der Waals surface area contributed by atoms with Gasteiger partial charge in [-0.15, -0.1) is 0 Å². The molecule has 1 rings (SSSR count). The Morgan fingerprint density at radius 3 is 2.28 bits per heavy atom. The lowest BCUT2D eigenvalue weighted by molar-refractivity contribution is 0.0716. The first-order valence-corrected chi connectivity index (χ1v) is 7.57. The Morgan fingerprint density at radius 2 is 1.83 bits per heavy atom. The van der Waals surface area contributed by atoms with Crippen molar-refractivity contribution in [2.24, 2.45) is 16.7 Å². The summed E-state index contributed by atoms with van der Waals surface area (Å²) < 4.78 is 5.21. The molecular weight excluding hydrogens is 222 g/mol. The van der Waals surface area contributed by atoms with Gasteiger partial charge in [0.25, 0.3) is 0 Å². The van der Waals surface area contributed by atoms with Crippen LogP contribution >= 0.6 is 0 Å². The van der Waals surface area contributed by atoms with Crippen molar-refractivity contribution in [1.82, 2.24) is 5.32 Å². The van der Waals surface area contributed by atoms with Crippen LogP contribution in [0.25, 0.3) is 0 Å². The lowest BCUT2D eigenvalue weighted by Crippen LogP contribution is -2.39. The van der Waals surface area contributed by atoms with Crippen LogP contribution in [0.15, 0.2) is 0 Å². The third kappa shape index (κ3) is 4.55. The Hall–Kier alpha value is -0.0800. The number of hydrogen-bond donors (Lipinski definition) is 1. The van der Waals surface area contributed by atoms with E-state index in [1.165, 1.54) is 45.1 Å². The number of nitrogens with one attached hydrogen (secondary N) is 1. The third-order valence-electron chi connectivity index (χ3n) is 4.88. The van der Waals surface area contributed by atoms with Crippen molar-refractivity contribution < 1.29 is 4.74 Å². The number of ether oxygens (including phenoxy) is 1. The van der Waals surface area contributed by atoms with E-state index in [0.717, 1.165) is 12.5 Å². The van der Waals surface area contributed by atoms with Crippen LogP contribution in [-0.4, -0.2) is 27.3 Å². The van der Waals surface area contributed by atoms with E-state index in [4.69, 9.17) is 4.74 Å². The maximum absolute atomic E-state index is 5.21. The summed E-state index contributed by atoms with van der Waals surface area (Å²) in [5.41, 5.74) is 1.02. The van der Waals surface area contributed by atoms with E-state index in [9.17, 15) is 0 Å². The summed E-state index contributed by atoms with van der Waals surface area (Å²) in [5, 5.41) is 3.42. The standard InChI is InChI=1S/C16H33NO/c1-15(2,3)14-7-10-16(11-8-14,13-17-4)9-6-12-18-5/h14,17H,6-13H2,1-5H3. The molecule has 1 aliphatic carbocycles. The van der Waals surface area contributed by atoms with Crippen molar-refractivity contribution in [3.05, 3.63) is 0 Å². The van der Waals surface area contributed by atoms with Crippen LogP contribution in [0.5, 0.6) is 0 Å². The minimum absolute atomic E-state index is 0.484. The third-order valence-corrected chi connectivity index (χ3v) is 4.88. The van der Waals surface area contributed by atoms with Gasteiger partial charge in [-0.3, -0.25) is 0 Å². The Kier molecular flexibility index (Phi) is 6.13. The quantitative estimate of drug-likeness (QED) is 0.728. The second kappa shape index (κ2) is 6.91. The monoisotopic (exact) mass is 255 g/mol. The molecule has 0 atom stereocenters. The van der Waals surface area contributed by atoms with Crippen molar-refractivity contribution in [3.8, 4) is 0 Å². The van der Waals surface area contributed by atoms with Gasteiger partial charge in [-0.05, 0) is 62.3 Å². The molecule has 108 valence electrons. The summed E-state index contributed by atoms with van der Waals surface area (Å²) in [5.74, 6) is 0.907. The van der Waals surface area contributed by atoms with Gasteiger partial charge in [0.05, 0.1) is 0 Å². The average Bonchev–Trinajstić information content (AvgIpc) is 2.29. The zero-order valence-corrected chi connectivity index (χ0v) is 13.1. The van der Waals surface area contributed by atoms with E-state index in [1.54, 1.807) is 7.11 Å². The van der Waals surface area contributed by atoms with Crippen LogP contribution in [0, 0.1) is 16.7 Å². The van der Waals surface area contributed by atoms with Crippen molar-refractivity contribution >= 4 is 0 Å². The summed E-state index contributed by atoms with van der Waals surface area (Å²) >= 11 is 0. The Balaban J connectivity index is 2.51. The Bertz CT molecular complexity index is 224. The first-order chi connectivity index (χ1) is 8.43. The van der Waals surface area contributed by atoms with Crippen molar-refractivity contribution in [2.45, 2.75) is 59.3 Å².